The predicted molar refractivity (Wildman–Crippen MR) is 141 cm³/mol. The van der Waals surface area contributed by atoms with Gasteiger partial charge in [0.25, 0.3) is 5.91 Å². The van der Waals surface area contributed by atoms with Crippen molar-refractivity contribution in [1.29, 1.82) is 0 Å². The van der Waals surface area contributed by atoms with Gasteiger partial charge in [-0.15, -0.1) is 0 Å². The summed E-state index contributed by atoms with van der Waals surface area (Å²) in [4.78, 5) is 19.6. The van der Waals surface area contributed by atoms with E-state index in [0.717, 1.165) is 11.1 Å². The highest BCUT2D eigenvalue weighted by molar-refractivity contribution is 7.83. The van der Waals surface area contributed by atoms with Crippen LogP contribution in [0.5, 0.6) is 11.6 Å². The van der Waals surface area contributed by atoms with E-state index in [1.54, 1.807) is 35.8 Å². The second-order valence-corrected chi connectivity index (χ2v) is 10.3. The lowest BCUT2D eigenvalue weighted by atomic mass is 10.1. The van der Waals surface area contributed by atoms with Crippen molar-refractivity contribution in [3.63, 3.8) is 0 Å². The second kappa shape index (κ2) is 10.9. The van der Waals surface area contributed by atoms with E-state index in [0.29, 0.717) is 52.1 Å². The minimum Gasteiger partial charge on any atom is -0.491 e. The van der Waals surface area contributed by atoms with Gasteiger partial charge in [-0.3, -0.25) is 4.79 Å². The Bertz CT molecular complexity index is 1460. The molecule has 3 heterocycles. The topological polar surface area (TPSA) is 120 Å². The van der Waals surface area contributed by atoms with Gasteiger partial charge < -0.3 is 24.9 Å². The highest BCUT2D eigenvalue weighted by atomic mass is 35.5. The average molecular weight is 541 g/mol. The number of fused-ring (bicyclic) bond motifs is 1. The van der Waals surface area contributed by atoms with Gasteiger partial charge in [-0.2, -0.15) is 0 Å². The molecule has 192 valence electrons. The summed E-state index contributed by atoms with van der Waals surface area (Å²) in [6.45, 7) is 1.42. The van der Waals surface area contributed by atoms with Crippen LogP contribution in [0, 0.1) is 0 Å². The fourth-order valence-corrected chi connectivity index (χ4v) is 5.92. The monoisotopic (exact) mass is 540 g/mol. The third-order valence-corrected chi connectivity index (χ3v) is 7.84. The van der Waals surface area contributed by atoms with Gasteiger partial charge in [0.2, 0.25) is 5.88 Å². The Kier molecular flexibility index (Phi) is 7.43. The van der Waals surface area contributed by atoms with E-state index in [1.165, 1.54) is 0 Å². The zero-order chi connectivity index (χ0) is 25.9. The number of hydrogen-bond acceptors (Lipinski definition) is 6. The molecular weight excluding hydrogens is 516 g/mol. The molecule has 1 aliphatic rings. The first kappa shape index (κ1) is 25.2. The quantitative estimate of drug-likeness (QED) is 0.351. The molecule has 0 bridgehead atoms. The third-order valence-electron chi connectivity index (χ3n) is 6.04. The standard InChI is InChI=1S/C26H25ClN4O5S/c1-34-26-20(3-2-10-29-26)16-4-7-18(8-5-16)36-15-19-14-31(11-12-35-19)37(33)24-21-13-17(27)6-9-22(21)30-23(24)25(28)32/h2-10,13,19,30H,11-12,14-15H2,1H3,(H2,28,32). The average Bonchev–Trinajstić information content (AvgIpc) is 3.31. The number of rotatable bonds is 8. The normalized spacial score (nSPS) is 17.0. The molecule has 3 N–H and O–H groups in total. The van der Waals surface area contributed by atoms with Crippen molar-refractivity contribution in [2.24, 2.45) is 5.73 Å². The zero-order valence-corrected chi connectivity index (χ0v) is 21.6. The number of nitrogens with zero attached hydrogens (tertiary/aromatic N) is 2. The minimum absolute atomic E-state index is 0.111. The molecule has 2 unspecified atom stereocenters. The molecule has 0 spiro atoms. The van der Waals surface area contributed by atoms with Crippen molar-refractivity contribution >= 4 is 39.4 Å². The number of methoxy groups -OCH3 is 1. The summed E-state index contributed by atoms with van der Waals surface area (Å²) in [6, 6.07) is 16.5. The molecular formula is C26H25ClN4O5S. The van der Waals surface area contributed by atoms with E-state index < -0.39 is 16.9 Å². The highest BCUT2D eigenvalue weighted by Crippen LogP contribution is 2.31. The molecule has 9 nitrogen and oxygen atoms in total. The van der Waals surface area contributed by atoms with Crippen LogP contribution in [0.3, 0.4) is 0 Å². The van der Waals surface area contributed by atoms with E-state index in [9.17, 15) is 9.00 Å². The van der Waals surface area contributed by atoms with Crippen LogP contribution in [0.1, 0.15) is 10.5 Å². The lowest BCUT2D eigenvalue weighted by Crippen LogP contribution is -2.45. The third kappa shape index (κ3) is 5.33. The maximum atomic E-state index is 13.6. The van der Waals surface area contributed by atoms with E-state index >= 15 is 0 Å². The van der Waals surface area contributed by atoms with Gasteiger partial charge in [0.1, 0.15) is 35.1 Å². The number of carbonyl (C=O) groups excluding carboxylic acids is 1. The number of hydrogen-bond donors (Lipinski definition) is 2. The molecule has 11 heteroatoms. The Balaban J connectivity index is 1.27. The molecule has 2 atom stereocenters. The van der Waals surface area contributed by atoms with Crippen LogP contribution in [-0.2, 0) is 15.7 Å². The summed E-state index contributed by atoms with van der Waals surface area (Å²) in [5, 5.41) is 1.08. The first-order valence-corrected chi connectivity index (χ1v) is 13.0. The largest absolute Gasteiger partial charge is 0.491 e. The van der Waals surface area contributed by atoms with Gasteiger partial charge in [0, 0.05) is 40.8 Å². The minimum atomic E-state index is -1.66. The molecule has 0 radical (unpaired) electrons. The number of nitrogens with one attached hydrogen (secondary N) is 1. The molecule has 0 aliphatic carbocycles. The van der Waals surface area contributed by atoms with Gasteiger partial charge >= 0.3 is 0 Å². The zero-order valence-electron chi connectivity index (χ0n) is 20.0. The van der Waals surface area contributed by atoms with Crippen LogP contribution in [0.2, 0.25) is 5.02 Å². The van der Waals surface area contributed by atoms with E-state index in [1.807, 2.05) is 36.4 Å². The van der Waals surface area contributed by atoms with Crippen LogP contribution < -0.4 is 15.2 Å². The van der Waals surface area contributed by atoms with Gasteiger partial charge in [0.05, 0.1) is 18.6 Å². The summed E-state index contributed by atoms with van der Waals surface area (Å²) in [6.07, 6.45) is 1.37. The number of ether oxygens (including phenoxy) is 3. The number of aromatic nitrogens is 2. The Labute approximate surface area is 221 Å². The number of aromatic amines is 1. The molecule has 2 aromatic heterocycles. The first-order valence-electron chi connectivity index (χ1n) is 11.6. The first-order chi connectivity index (χ1) is 17.9. The van der Waals surface area contributed by atoms with Gasteiger partial charge in [-0.1, -0.05) is 23.7 Å². The Morgan fingerprint density at radius 2 is 2.08 bits per heavy atom. The fraction of sp³-hybridized carbons (Fsp3) is 0.231. The smallest absolute Gasteiger partial charge is 0.266 e. The van der Waals surface area contributed by atoms with Crippen molar-refractivity contribution in [1.82, 2.24) is 14.3 Å². The highest BCUT2D eigenvalue weighted by Gasteiger charge is 2.30. The summed E-state index contributed by atoms with van der Waals surface area (Å²) in [7, 11) is -0.0713. The van der Waals surface area contributed by atoms with Gasteiger partial charge in [0.15, 0.2) is 0 Å². The van der Waals surface area contributed by atoms with Crippen LogP contribution in [0.15, 0.2) is 65.7 Å². The lowest BCUT2D eigenvalue weighted by Gasteiger charge is -2.31. The molecule has 1 amide bonds. The molecule has 37 heavy (non-hydrogen) atoms. The number of pyridine rings is 1. The second-order valence-electron chi connectivity index (χ2n) is 8.41. The van der Waals surface area contributed by atoms with Gasteiger partial charge in [-0.05, 0) is 48.0 Å². The number of amides is 1. The van der Waals surface area contributed by atoms with Crippen molar-refractivity contribution in [3.05, 3.63) is 71.5 Å². The van der Waals surface area contributed by atoms with Crippen molar-refractivity contribution in [2.75, 3.05) is 33.4 Å². The van der Waals surface area contributed by atoms with Crippen LogP contribution >= 0.6 is 11.6 Å². The summed E-state index contributed by atoms with van der Waals surface area (Å²) in [5.41, 5.74) is 8.17. The number of benzene rings is 2. The molecule has 5 rings (SSSR count). The number of H-pyrrole nitrogens is 1. The van der Waals surface area contributed by atoms with Crippen molar-refractivity contribution in [3.8, 4) is 22.8 Å². The molecule has 1 saturated heterocycles. The summed E-state index contributed by atoms with van der Waals surface area (Å²) >= 11 is 6.16. The Hall–Kier alpha value is -3.44. The maximum Gasteiger partial charge on any atom is 0.266 e. The molecule has 2 aromatic carbocycles. The maximum absolute atomic E-state index is 13.6. The number of nitrogens with two attached hydrogens (primary N) is 1. The van der Waals surface area contributed by atoms with Crippen molar-refractivity contribution < 1.29 is 23.2 Å². The van der Waals surface area contributed by atoms with Crippen LogP contribution in [0.4, 0.5) is 0 Å². The van der Waals surface area contributed by atoms with E-state index in [2.05, 4.69) is 9.97 Å². The predicted octanol–water partition coefficient (Wildman–Crippen LogP) is 3.79. The van der Waals surface area contributed by atoms with Crippen molar-refractivity contribution in [2.45, 2.75) is 11.0 Å². The number of primary amides is 1. The van der Waals surface area contributed by atoms with Gasteiger partial charge in [-0.25, -0.2) is 13.5 Å². The number of carbonyl (C=O) groups is 1. The van der Waals surface area contributed by atoms with Crippen LogP contribution in [0.25, 0.3) is 22.0 Å². The fourth-order valence-electron chi connectivity index (χ4n) is 4.26. The van der Waals surface area contributed by atoms with Crippen LogP contribution in [-0.4, -0.2) is 63.9 Å². The lowest BCUT2D eigenvalue weighted by molar-refractivity contribution is -0.0237. The van der Waals surface area contributed by atoms with E-state index in [4.69, 9.17) is 31.5 Å². The Morgan fingerprint density at radius 1 is 1.27 bits per heavy atom. The molecule has 1 fully saturated rings. The number of morpholine rings is 1. The summed E-state index contributed by atoms with van der Waals surface area (Å²) in [5.74, 6) is 0.545. The molecule has 1 aliphatic heterocycles. The molecule has 4 aromatic rings. The summed E-state index contributed by atoms with van der Waals surface area (Å²) < 4.78 is 32.5. The van der Waals surface area contributed by atoms with E-state index in [-0.39, 0.29) is 18.4 Å². The molecule has 0 saturated carbocycles. The SMILES string of the molecule is COc1ncccc1-c1ccc(OCC2CN(S(=O)c3c(C(N)=O)[nH]c4ccc(Cl)cc34)CCO2)cc1. The Morgan fingerprint density at radius 3 is 2.84 bits per heavy atom. The number of halogens is 1.